The molecule has 0 radical (unpaired) electrons. The van der Waals surface area contributed by atoms with Gasteiger partial charge in [0.05, 0.1) is 17.6 Å². The van der Waals surface area contributed by atoms with Gasteiger partial charge in [0.25, 0.3) is 0 Å². The molecule has 1 N–H and O–H groups in total. The van der Waals surface area contributed by atoms with Gasteiger partial charge in [0, 0.05) is 25.0 Å². The fourth-order valence-corrected chi connectivity index (χ4v) is 2.18. The first kappa shape index (κ1) is 15.9. The minimum absolute atomic E-state index is 0.364. The highest BCUT2D eigenvalue weighted by atomic mass is 15.2. The lowest BCUT2D eigenvalue weighted by Gasteiger charge is -2.30. The van der Waals surface area contributed by atoms with E-state index in [4.69, 9.17) is 4.98 Å². The maximum absolute atomic E-state index is 4.73. The number of rotatable bonds is 7. The molecule has 19 heavy (non-hydrogen) atoms. The molecule has 0 bridgehead atoms. The second kappa shape index (κ2) is 7.43. The van der Waals surface area contributed by atoms with Crippen molar-refractivity contribution in [3.8, 4) is 0 Å². The molecule has 0 aromatic carbocycles. The molecule has 1 aromatic rings. The summed E-state index contributed by atoms with van der Waals surface area (Å²) in [7, 11) is 1.96. The van der Waals surface area contributed by atoms with E-state index < -0.39 is 0 Å². The van der Waals surface area contributed by atoms with E-state index in [1.54, 1.807) is 0 Å². The number of hydrogen-bond donors (Lipinski definition) is 1. The highest BCUT2D eigenvalue weighted by Crippen LogP contribution is 2.23. The van der Waals surface area contributed by atoms with Crippen LogP contribution in [0.3, 0.4) is 0 Å². The number of nitrogens with zero attached hydrogens (tertiary/aromatic N) is 3. The molecule has 0 amide bonds. The van der Waals surface area contributed by atoms with Crippen LogP contribution in [0.15, 0.2) is 6.20 Å². The molecular weight excluding hydrogens is 236 g/mol. The predicted octanol–water partition coefficient (Wildman–Crippen LogP) is 2.94. The standard InChI is InChI=1S/C15H28N4/c1-7-12(5)19(8-2)14-10-17-15(11(3)4)18-13(14)9-16-6/h10-12,16H,7-9H2,1-6H3. The number of hydrogen-bond acceptors (Lipinski definition) is 4. The van der Waals surface area contributed by atoms with Gasteiger partial charge in [0.2, 0.25) is 0 Å². The summed E-state index contributed by atoms with van der Waals surface area (Å²) in [6, 6.07) is 0.508. The molecule has 1 heterocycles. The fraction of sp³-hybridized carbons (Fsp3) is 0.733. The van der Waals surface area contributed by atoms with Crippen molar-refractivity contribution in [2.75, 3.05) is 18.5 Å². The van der Waals surface area contributed by atoms with Crippen molar-refractivity contribution in [1.82, 2.24) is 15.3 Å². The molecule has 1 unspecified atom stereocenters. The maximum atomic E-state index is 4.73. The summed E-state index contributed by atoms with van der Waals surface area (Å²) in [5.41, 5.74) is 2.26. The van der Waals surface area contributed by atoms with E-state index in [0.29, 0.717) is 12.0 Å². The van der Waals surface area contributed by atoms with Crippen LogP contribution in [0.25, 0.3) is 0 Å². The Labute approximate surface area is 117 Å². The first-order valence-electron chi connectivity index (χ1n) is 7.32. The molecule has 1 aromatic heterocycles. The second-order valence-corrected chi connectivity index (χ2v) is 5.29. The van der Waals surface area contributed by atoms with Crippen LogP contribution in [-0.2, 0) is 6.54 Å². The average molecular weight is 264 g/mol. The van der Waals surface area contributed by atoms with Gasteiger partial charge in [0.1, 0.15) is 5.82 Å². The fourth-order valence-electron chi connectivity index (χ4n) is 2.18. The Morgan fingerprint density at radius 1 is 1.26 bits per heavy atom. The number of aromatic nitrogens is 2. The molecule has 0 spiro atoms. The van der Waals surface area contributed by atoms with Crippen LogP contribution in [0.2, 0.25) is 0 Å². The zero-order valence-corrected chi connectivity index (χ0v) is 13.2. The Bertz CT molecular complexity index is 390. The van der Waals surface area contributed by atoms with E-state index in [1.165, 1.54) is 0 Å². The minimum Gasteiger partial charge on any atom is -0.366 e. The van der Waals surface area contributed by atoms with E-state index in [0.717, 1.165) is 36.7 Å². The van der Waals surface area contributed by atoms with Crippen LogP contribution in [0.1, 0.15) is 58.5 Å². The molecule has 0 saturated carbocycles. The summed E-state index contributed by atoms with van der Waals surface area (Å²) in [6.07, 6.45) is 3.11. The SMILES string of the molecule is CCC(C)N(CC)c1cnc(C(C)C)nc1CNC. The van der Waals surface area contributed by atoms with Gasteiger partial charge in [-0.3, -0.25) is 0 Å². The zero-order chi connectivity index (χ0) is 14.4. The first-order valence-corrected chi connectivity index (χ1v) is 7.32. The normalized spacial score (nSPS) is 12.8. The van der Waals surface area contributed by atoms with Gasteiger partial charge in [-0.1, -0.05) is 20.8 Å². The molecule has 4 heteroatoms. The van der Waals surface area contributed by atoms with E-state index in [9.17, 15) is 0 Å². The van der Waals surface area contributed by atoms with Crippen molar-refractivity contribution < 1.29 is 0 Å². The first-order chi connectivity index (χ1) is 9.04. The highest BCUT2D eigenvalue weighted by molar-refractivity contribution is 5.50. The molecule has 1 rings (SSSR count). The lowest BCUT2D eigenvalue weighted by atomic mass is 10.1. The second-order valence-electron chi connectivity index (χ2n) is 5.29. The van der Waals surface area contributed by atoms with Crippen molar-refractivity contribution >= 4 is 5.69 Å². The lowest BCUT2D eigenvalue weighted by Crippen LogP contribution is -2.34. The van der Waals surface area contributed by atoms with Crippen molar-refractivity contribution in [3.63, 3.8) is 0 Å². The zero-order valence-electron chi connectivity index (χ0n) is 13.2. The van der Waals surface area contributed by atoms with Crippen LogP contribution in [0, 0.1) is 0 Å². The molecule has 0 aliphatic carbocycles. The van der Waals surface area contributed by atoms with Crippen molar-refractivity contribution in [3.05, 3.63) is 17.7 Å². The largest absolute Gasteiger partial charge is 0.366 e. The predicted molar refractivity (Wildman–Crippen MR) is 81.7 cm³/mol. The van der Waals surface area contributed by atoms with Crippen molar-refractivity contribution in [2.45, 2.75) is 59.5 Å². The summed E-state index contributed by atoms with van der Waals surface area (Å²) in [4.78, 5) is 11.6. The van der Waals surface area contributed by atoms with Crippen molar-refractivity contribution in [2.24, 2.45) is 0 Å². The monoisotopic (exact) mass is 264 g/mol. The van der Waals surface area contributed by atoms with Crippen LogP contribution in [0.4, 0.5) is 5.69 Å². The van der Waals surface area contributed by atoms with E-state index in [1.807, 2.05) is 13.2 Å². The van der Waals surface area contributed by atoms with Crippen LogP contribution < -0.4 is 10.2 Å². The summed E-state index contributed by atoms with van der Waals surface area (Å²) in [5, 5.41) is 3.21. The molecule has 0 aliphatic rings. The van der Waals surface area contributed by atoms with Gasteiger partial charge < -0.3 is 10.2 Å². The Balaban J connectivity index is 3.17. The third-order valence-electron chi connectivity index (χ3n) is 3.50. The third-order valence-corrected chi connectivity index (χ3v) is 3.50. The Kier molecular flexibility index (Phi) is 6.22. The summed E-state index contributed by atoms with van der Waals surface area (Å²) < 4.78 is 0. The van der Waals surface area contributed by atoms with Gasteiger partial charge in [-0.15, -0.1) is 0 Å². The molecular formula is C15H28N4. The van der Waals surface area contributed by atoms with Gasteiger partial charge >= 0.3 is 0 Å². The molecule has 0 fully saturated rings. The smallest absolute Gasteiger partial charge is 0.131 e. The molecule has 0 aliphatic heterocycles. The lowest BCUT2D eigenvalue weighted by molar-refractivity contribution is 0.617. The van der Waals surface area contributed by atoms with E-state index in [-0.39, 0.29) is 0 Å². The Morgan fingerprint density at radius 3 is 2.42 bits per heavy atom. The van der Waals surface area contributed by atoms with Crippen LogP contribution in [-0.4, -0.2) is 29.6 Å². The van der Waals surface area contributed by atoms with Gasteiger partial charge in [-0.25, -0.2) is 9.97 Å². The topological polar surface area (TPSA) is 41.1 Å². The third kappa shape index (κ3) is 3.90. The maximum Gasteiger partial charge on any atom is 0.131 e. The number of anilines is 1. The molecule has 4 nitrogen and oxygen atoms in total. The molecule has 0 saturated heterocycles. The van der Waals surface area contributed by atoms with E-state index in [2.05, 4.69) is 49.8 Å². The highest BCUT2D eigenvalue weighted by Gasteiger charge is 2.17. The Morgan fingerprint density at radius 2 is 1.95 bits per heavy atom. The van der Waals surface area contributed by atoms with E-state index >= 15 is 0 Å². The summed E-state index contributed by atoms with van der Waals surface area (Å²) in [6.45, 7) is 12.7. The Hall–Kier alpha value is -1.16. The van der Waals surface area contributed by atoms with Crippen LogP contribution in [0.5, 0.6) is 0 Å². The quantitative estimate of drug-likeness (QED) is 0.822. The minimum atomic E-state index is 0.364. The summed E-state index contributed by atoms with van der Waals surface area (Å²) >= 11 is 0. The molecule has 108 valence electrons. The average Bonchev–Trinajstić information content (AvgIpc) is 2.40. The van der Waals surface area contributed by atoms with Crippen molar-refractivity contribution in [1.29, 1.82) is 0 Å². The molecule has 1 atom stereocenters. The number of nitrogens with one attached hydrogen (secondary N) is 1. The van der Waals surface area contributed by atoms with Gasteiger partial charge in [0.15, 0.2) is 0 Å². The van der Waals surface area contributed by atoms with Gasteiger partial charge in [-0.2, -0.15) is 0 Å². The summed E-state index contributed by atoms with van der Waals surface area (Å²) in [5.74, 6) is 1.29. The van der Waals surface area contributed by atoms with Crippen LogP contribution >= 0.6 is 0 Å². The van der Waals surface area contributed by atoms with Gasteiger partial charge in [-0.05, 0) is 27.3 Å².